The maximum Gasteiger partial charge on any atom is 0.256 e. The molecule has 1 heterocycles. The van der Waals surface area contributed by atoms with E-state index in [9.17, 15) is 4.79 Å². The lowest BCUT2D eigenvalue weighted by atomic mass is 10.0. The molecule has 17 heavy (non-hydrogen) atoms. The van der Waals surface area contributed by atoms with Crippen LogP contribution in [0.25, 0.3) is 5.57 Å². The van der Waals surface area contributed by atoms with Crippen molar-refractivity contribution in [3.63, 3.8) is 0 Å². The average Bonchev–Trinajstić information content (AvgIpc) is 2.90. The first-order chi connectivity index (χ1) is 8.24. The smallest absolute Gasteiger partial charge is 0.256 e. The molecule has 0 saturated carbocycles. The van der Waals surface area contributed by atoms with Crippen molar-refractivity contribution in [3.05, 3.63) is 59.2 Å². The van der Waals surface area contributed by atoms with E-state index in [1.807, 2.05) is 37.3 Å². The normalized spacial score (nSPS) is 19.5. The Kier molecular flexibility index (Phi) is 2.22. The van der Waals surface area contributed by atoms with Gasteiger partial charge in [0.2, 0.25) is 0 Å². The monoisotopic (exact) mass is 223 g/mol. The van der Waals surface area contributed by atoms with Gasteiger partial charge in [-0.2, -0.15) is 0 Å². The van der Waals surface area contributed by atoms with E-state index in [-0.39, 0.29) is 5.91 Å². The van der Waals surface area contributed by atoms with E-state index in [1.54, 1.807) is 0 Å². The van der Waals surface area contributed by atoms with Crippen LogP contribution in [0.2, 0.25) is 0 Å². The van der Waals surface area contributed by atoms with Gasteiger partial charge in [0.1, 0.15) is 0 Å². The fourth-order valence-corrected chi connectivity index (χ4v) is 2.20. The SMILES string of the molecule is Cc1ccc2c(c1)C(=CC1=CC=CC1)C(=O)N2. The van der Waals surface area contributed by atoms with Crippen molar-refractivity contribution < 1.29 is 4.79 Å². The minimum absolute atomic E-state index is 0.00148. The Balaban J connectivity index is 2.07. The highest BCUT2D eigenvalue weighted by Crippen LogP contribution is 2.33. The molecule has 2 heteroatoms. The number of carbonyl (C=O) groups excluding carboxylic acids is 1. The van der Waals surface area contributed by atoms with Gasteiger partial charge in [-0.25, -0.2) is 0 Å². The Morgan fingerprint density at radius 2 is 2.24 bits per heavy atom. The molecule has 0 atom stereocenters. The van der Waals surface area contributed by atoms with Crippen molar-refractivity contribution in [2.45, 2.75) is 13.3 Å². The zero-order valence-corrected chi connectivity index (χ0v) is 9.66. The highest BCUT2D eigenvalue weighted by atomic mass is 16.2. The zero-order valence-electron chi connectivity index (χ0n) is 9.66. The molecular weight excluding hydrogens is 210 g/mol. The second kappa shape index (κ2) is 3.74. The van der Waals surface area contributed by atoms with Crippen LogP contribution in [0.4, 0.5) is 5.69 Å². The molecule has 0 fully saturated rings. The van der Waals surface area contributed by atoms with Crippen LogP contribution in [0, 0.1) is 6.92 Å². The predicted molar refractivity (Wildman–Crippen MR) is 69.6 cm³/mol. The van der Waals surface area contributed by atoms with Gasteiger partial charge in [-0.15, -0.1) is 0 Å². The molecule has 1 aliphatic carbocycles. The van der Waals surface area contributed by atoms with E-state index >= 15 is 0 Å². The number of rotatable bonds is 1. The van der Waals surface area contributed by atoms with Crippen molar-refractivity contribution >= 4 is 17.2 Å². The molecular formula is C15H13NO. The van der Waals surface area contributed by atoms with Gasteiger partial charge in [0.05, 0.1) is 0 Å². The van der Waals surface area contributed by atoms with E-state index in [2.05, 4.69) is 17.5 Å². The summed E-state index contributed by atoms with van der Waals surface area (Å²) in [5.74, 6) is -0.00148. The van der Waals surface area contributed by atoms with E-state index < -0.39 is 0 Å². The summed E-state index contributed by atoms with van der Waals surface area (Å²) in [5, 5.41) is 2.89. The Hall–Kier alpha value is -2.09. The van der Waals surface area contributed by atoms with Crippen LogP contribution < -0.4 is 5.32 Å². The molecule has 2 aliphatic rings. The van der Waals surface area contributed by atoms with E-state index in [0.29, 0.717) is 0 Å². The van der Waals surface area contributed by atoms with Gasteiger partial charge in [0.25, 0.3) is 5.91 Å². The summed E-state index contributed by atoms with van der Waals surface area (Å²) in [6.45, 7) is 2.04. The third-order valence-corrected chi connectivity index (χ3v) is 3.09. The lowest BCUT2D eigenvalue weighted by Crippen LogP contribution is -2.03. The fourth-order valence-electron chi connectivity index (χ4n) is 2.20. The van der Waals surface area contributed by atoms with Crippen LogP contribution in [-0.4, -0.2) is 5.91 Å². The number of aryl methyl sites for hydroxylation is 1. The number of nitrogens with one attached hydrogen (secondary N) is 1. The van der Waals surface area contributed by atoms with E-state index in [0.717, 1.165) is 23.2 Å². The van der Waals surface area contributed by atoms with Crippen LogP contribution in [0.3, 0.4) is 0 Å². The van der Waals surface area contributed by atoms with Crippen LogP contribution in [-0.2, 0) is 4.79 Å². The summed E-state index contributed by atoms with van der Waals surface area (Å²) in [6.07, 6.45) is 9.07. The molecule has 84 valence electrons. The number of allylic oxidation sites excluding steroid dienone is 5. The Bertz CT molecular complexity index is 591. The molecule has 1 N–H and O–H groups in total. The van der Waals surface area contributed by atoms with Crippen LogP contribution in [0.5, 0.6) is 0 Å². The first kappa shape index (κ1) is 10.1. The Morgan fingerprint density at radius 3 is 3.00 bits per heavy atom. The molecule has 1 aliphatic heterocycles. The number of carbonyl (C=O) groups is 1. The lowest BCUT2D eigenvalue weighted by molar-refractivity contribution is -0.110. The molecule has 0 bridgehead atoms. The van der Waals surface area contributed by atoms with Gasteiger partial charge >= 0.3 is 0 Å². The number of anilines is 1. The van der Waals surface area contributed by atoms with Crippen molar-refractivity contribution in [2.24, 2.45) is 0 Å². The second-order valence-electron chi connectivity index (χ2n) is 4.44. The van der Waals surface area contributed by atoms with Crippen LogP contribution >= 0.6 is 0 Å². The number of amides is 1. The maximum atomic E-state index is 11.9. The van der Waals surface area contributed by atoms with Crippen molar-refractivity contribution in [1.82, 2.24) is 0 Å². The molecule has 1 amide bonds. The van der Waals surface area contributed by atoms with Gasteiger partial charge in [0.15, 0.2) is 0 Å². The molecule has 0 spiro atoms. The van der Waals surface area contributed by atoms with Crippen LogP contribution in [0.1, 0.15) is 17.5 Å². The molecule has 0 radical (unpaired) electrons. The highest BCUT2D eigenvalue weighted by molar-refractivity contribution is 6.31. The topological polar surface area (TPSA) is 29.1 Å². The van der Waals surface area contributed by atoms with Crippen LogP contribution in [0.15, 0.2) is 48.1 Å². The average molecular weight is 223 g/mol. The molecule has 2 nitrogen and oxygen atoms in total. The third kappa shape index (κ3) is 1.72. The summed E-state index contributed by atoms with van der Waals surface area (Å²) in [4.78, 5) is 11.9. The van der Waals surface area contributed by atoms with Gasteiger partial charge in [-0.3, -0.25) is 4.79 Å². The lowest BCUT2D eigenvalue weighted by Gasteiger charge is -2.00. The van der Waals surface area contributed by atoms with E-state index in [1.165, 1.54) is 11.1 Å². The standard InChI is InChI=1S/C15H13NO/c1-10-6-7-14-12(8-10)13(15(17)16-14)9-11-4-2-3-5-11/h2-4,6-9H,5H2,1H3,(H,16,17). The largest absolute Gasteiger partial charge is 0.321 e. The summed E-state index contributed by atoms with van der Waals surface area (Å²) in [6, 6.07) is 6.03. The Labute approximate surface area is 100 Å². The summed E-state index contributed by atoms with van der Waals surface area (Å²) in [7, 11) is 0. The Morgan fingerprint density at radius 1 is 1.35 bits per heavy atom. The first-order valence-corrected chi connectivity index (χ1v) is 5.74. The minimum Gasteiger partial charge on any atom is -0.321 e. The maximum absolute atomic E-state index is 11.9. The summed E-state index contributed by atoms with van der Waals surface area (Å²) < 4.78 is 0. The molecule has 0 saturated heterocycles. The van der Waals surface area contributed by atoms with Gasteiger partial charge in [-0.05, 0) is 37.1 Å². The van der Waals surface area contributed by atoms with Crippen molar-refractivity contribution in [1.29, 1.82) is 0 Å². The summed E-state index contributed by atoms with van der Waals surface area (Å²) >= 11 is 0. The molecule has 0 unspecified atom stereocenters. The fraction of sp³-hybridized carbons (Fsp3) is 0.133. The quantitative estimate of drug-likeness (QED) is 0.728. The number of hydrogen-bond donors (Lipinski definition) is 1. The van der Waals surface area contributed by atoms with Gasteiger partial charge < -0.3 is 5.32 Å². The molecule has 1 aromatic carbocycles. The highest BCUT2D eigenvalue weighted by Gasteiger charge is 2.24. The first-order valence-electron chi connectivity index (χ1n) is 5.74. The van der Waals surface area contributed by atoms with Crippen molar-refractivity contribution in [2.75, 3.05) is 5.32 Å². The third-order valence-electron chi connectivity index (χ3n) is 3.09. The van der Waals surface area contributed by atoms with Gasteiger partial charge in [0, 0.05) is 16.8 Å². The number of hydrogen-bond acceptors (Lipinski definition) is 1. The second-order valence-corrected chi connectivity index (χ2v) is 4.44. The van der Waals surface area contributed by atoms with Crippen molar-refractivity contribution in [3.8, 4) is 0 Å². The zero-order chi connectivity index (χ0) is 11.8. The molecule has 1 aromatic rings. The molecule has 0 aromatic heterocycles. The predicted octanol–water partition coefficient (Wildman–Crippen LogP) is 3.22. The van der Waals surface area contributed by atoms with Gasteiger partial charge in [-0.1, -0.05) is 29.9 Å². The summed E-state index contributed by atoms with van der Waals surface area (Å²) in [5.41, 5.74) is 5.06. The molecule has 3 rings (SSSR count). The number of benzene rings is 1. The van der Waals surface area contributed by atoms with E-state index in [4.69, 9.17) is 0 Å². The minimum atomic E-state index is -0.00148. The number of fused-ring (bicyclic) bond motifs is 1.